The first-order chi connectivity index (χ1) is 12.5. The van der Waals surface area contributed by atoms with Gasteiger partial charge in [-0.2, -0.15) is 0 Å². The van der Waals surface area contributed by atoms with Crippen molar-refractivity contribution >= 4 is 41.1 Å². The van der Waals surface area contributed by atoms with E-state index in [9.17, 15) is 9.59 Å². The van der Waals surface area contributed by atoms with Gasteiger partial charge in [-0.15, -0.1) is 0 Å². The number of carbonyl (C=O) groups is 2. The molecule has 3 rings (SSSR count). The first-order valence-corrected chi connectivity index (χ1v) is 9.49. The second-order valence-corrected chi connectivity index (χ2v) is 7.02. The molecule has 136 valence electrons. The molecule has 2 aromatic rings. The van der Waals surface area contributed by atoms with E-state index < -0.39 is 0 Å². The molecule has 0 spiro atoms. The Kier molecular flexibility index (Phi) is 5.63. The van der Waals surface area contributed by atoms with Crippen molar-refractivity contribution < 1.29 is 9.59 Å². The van der Waals surface area contributed by atoms with Gasteiger partial charge >= 0.3 is 6.03 Å². The predicted molar refractivity (Wildman–Crippen MR) is 102 cm³/mol. The standard InChI is InChI=1S/C17H18ClN5O2S/c1-2-12-14(10-3-5-11(18)6-4-10)15(19)22-16(21-12)26-9-13(24)23-8-7-20-17(23)25/h3-6H,2,7-9H2,1H3,(H,20,25)(H2,19,21,22). The van der Waals surface area contributed by atoms with E-state index in [1.54, 1.807) is 12.1 Å². The minimum atomic E-state index is -0.358. The zero-order valence-corrected chi connectivity index (χ0v) is 15.7. The van der Waals surface area contributed by atoms with Crippen LogP contribution in [0.2, 0.25) is 5.02 Å². The molecule has 7 nitrogen and oxygen atoms in total. The largest absolute Gasteiger partial charge is 0.383 e. The molecule has 0 unspecified atom stereocenters. The third kappa shape index (κ3) is 3.91. The molecular weight excluding hydrogens is 374 g/mol. The van der Waals surface area contributed by atoms with Crippen molar-refractivity contribution in [3.8, 4) is 11.1 Å². The van der Waals surface area contributed by atoms with Crippen LogP contribution in [0.15, 0.2) is 29.4 Å². The molecule has 0 radical (unpaired) electrons. The summed E-state index contributed by atoms with van der Waals surface area (Å²) >= 11 is 7.12. The predicted octanol–water partition coefficient (Wildman–Crippen LogP) is 2.59. The first kappa shape index (κ1) is 18.5. The number of urea groups is 1. The molecule has 9 heteroatoms. The smallest absolute Gasteiger partial charge is 0.324 e. The number of amides is 3. The number of nitrogens with two attached hydrogens (primary N) is 1. The number of rotatable bonds is 5. The zero-order valence-electron chi connectivity index (χ0n) is 14.2. The Hall–Kier alpha value is -2.32. The first-order valence-electron chi connectivity index (χ1n) is 8.13. The maximum absolute atomic E-state index is 12.1. The number of benzene rings is 1. The molecule has 1 fully saturated rings. The lowest BCUT2D eigenvalue weighted by Crippen LogP contribution is -2.35. The third-order valence-electron chi connectivity index (χ3n) is 3.94. The topological polar surface area (TPSA) is 101 Å². The summed E-state index contributed by atoms with van der Waals surface area (Å²) in [4.78, 5) is 33.7. The van der Waals surface area contributed by atoms with Crippen LogP contribution in [0, 0.1) is 0 Å². The van der Waals surface area contributed by atoms with Gasteiger partial charge in [0, 0.05) is 23.7 Å². The van der Waals surface area contributed by atoms with Gasteiger partial charge in [-0.05, 0) is 24.1 Å². The fourth-order valence-electron chi connectivity index (χ4n) is 2.67. The average Bonchev–Trinajstić information content (AvgIpc) is 3.06. The Morgan fingerprint density at radius 3 is 2.69 bits per heavy atom. The van der Waals surface area contributed by atoms with E-state index in [0.29, 0.717) is 35.5 Å². The van der Waals surface area contributed by atoms with Crippen LogP contribution in [0.4, 0.5) is 10.6 Å². The summed E-state index contributed by atoms with van der Waals surface area (Å²) in [5.41, 5.74) is 8.63. The van der Waals surface area contributed by atoms with Crippen LogP contribution in [0.1, 0.15) is 12.6 Å². The molecule has 2 heterocycles. The minimum absolute atomic E-state index is 0.0797. The molecule has 0 saturated carbocycles. The fourth-order valence-corrected chi connectivity index (χ4v) is 3.54. The molecule has 0 bridgehead atoms. The van der Waals surface area contributed by atoms with Gasteiger partial charge in [-0.1, -0.05) is 42.4 Å². The molecule has 0 atom stereocenters. The van der Waals surface area contributed by atoms with E-state index in [0.717, 1.165) is 16.8 Å². The number of nitrogens with one attached hydrogen (secondary N) is 1. The van der Waals surface area contributed by atoms with Crippen molar-refractivity contribution in [1.82, 2.24) is 20.2 Å². The summed E-state index contributed by atoms with van der Waals surface area (Å²) < 4.78 is 0. The quantitative estimate of drug-likeness (QED) is 0.600. The third-order valence-corrected chi connectivity index (χ3v) is 5.03. The molecule has 1 aromatic heterocycles. The Labute approximate surface area is 160 Å². The lowest BCUT2D eigenvalue weighted by Gasteiger charge is -2.13. The summed E-state index contributed by atoms with van der Waals surface area (Å²) in [5.74, 6) is 0.163. The second-order valence-electron chi connectivity index (χ2n) is 5.64. The Bertz CT molecular complexity index is 844. The van der Waals surface area contributed by atoms with Crippen LogP contribution < -0.4 is 11.1 Å². The lowest BCUT2D eigenvalue weighted by atomic mass is 10.0. The van der Waals surface area contributed by atoms with Crippen molar-refractivity contribution in [2.45, 2.75) is 18.5 Å². The highest BCUT2D eigenvalue weighted by molar-refractivity contribution is 7.99. The van der Waals surface area contributed by atoms with Crippen LogP contribution in [0.25, 0.3) is 11.1 Å². The minimum Gasteiger partial charge on any atom is -0.383 e. The van der Waals surface area contributed by atoms with E-state index in [1.807, 2.05) is 19.1 Å². The Morgan fingerprint density at radius 2 is 2.08 bits per heavy atom. The van der Waals surface area contributed by atoms with Gasteiger partial charge in [0.25, 0.3) is 0 Å². The normalized spacial score (nSPS) is 13.8. The number of anilines is 1. The van der Waals surface area contributed by atoms with Crippen LogP contribution in [-0.2, 0) is 11.2 Å². The van der Waals surface area contributed by atoms with Gasteiger partial charge in [0.2, 0.25) is 5.91 Å². The van der Waals surface area contributed by atoms with Gasteiger partial charge in [0.1, 0.15) is 5.82 Å². The number of hydrogen-bond donors (Lipinski definition) is 2. The molecule has 1 aliphatic rings. The number of imide groups is 1. The number of hydrogen-bond acceptors (Lipinski definition) is 6. The van der Waals surface area contributed by atoms with Crippen LogP contribution >= 0.6 is 23.4 Å². The molecule has 1 aliphatic heterocycles. The van der Waals surface area contributed by atoms with Crippen molar-refractivity contribution in [3.05, 3.63) is 35.0 Å². The monoisotopic (exact) mass is 391 g/mol. The molecule has 0 aliphatic carbocycles. The average molecular weight is 392 g/mol. The Balaban J connectivity index is 1.79. The number of aryl methyl sites for hydroxylation is 1. The number of carbonyl (C=O) groups excluding carboxylic acids is 2. The van der Waals surface area contributed by atoms with Gasteiger partial charge < -0.3 is 11.1 Å². The van der Waals surface area contributed by atoms with Gasteiger partial charge in [-0.3, -0.25) is 9.69 Å². The van der Waals surface area contributed by atoms with E-state index in [-0.39, 0.29) is 17.7 Å². The summed E-state index contributed by atoms with van der Waals surface area (Å²) in [7, 11) is 0. The summed E-state index contributed by atoms with van der Waals surface area (Å²) in [5, 5.41) is 3.66. The number of nitrogen functional groups attached to an aromatic ring is 1. The molecule has 1 saturated heterocycles. The van der Waals surface area contributed by atoms with Crippen LogP contribution in [-0.4, -0.2) is 45.6 Å². The summed E-state index contributed by atoms with van der Waals surface area (Å²) in [6.45, 7) is 2.85. The summed E-state index contributed by atoms with van der Waals surface area (Å²) in [6, 6.07) is 6.97. The van der Waals surface area contributed by atoms with Crippen molar-refractivity contribution in [3.63, 3.8) is 0 Å². The number of halogens is 1. The molecular formula is C17H18ClN5O2S. The lowest BCUT2D eigenvalue weighted by molar-refractivity contribution is -0.124. The number of aromatic nitrogens is 2. The maximum atomic E-state index is 12.1. The van der Waals surface area contributed by atoms with Crippen LogP contribution in [0.3, 0.4) is 0 Å². The van der Waals surface area contributed by atoms with Gasteiger partial charge in [0.15, 0.2) is 5.16 Å². The van der Waals surface area contributed by atoms with Crippen molar-refractivity contribution in [1.29, 1.82) is 0 Å². The van der Waals surface area contributed by atoms with Gasteiger partial charge in [0.05, 0.1) is 11.4 Å². The van der Waals surface area contributed by atoms with Crippen molar-refractivity contribution in [2.75, 3.05) is 24.6 Å². The zero-order chi connectivity index (χ0) is 18.7. The second kappa shape index (κ2) is 7.92. The fraction of sp³-hybridized carbons (Fsp3) is 0.294. The highest BCUT2D eigenvalue weighted by Crippen LogP contribution is 2.31. The van der Waals surface area contributed by atoms with Gasteiger partial charge in [-0.25, -0.2) is 14.8 Å². The molecule has 3 N–H and O–H groups in total. The molecule has 3 amide bonds. The maximum Gasteiger partial charge on any atom is 0.324 e. The van der Waals surface area contributed by atoms with Crippen molar-refractivity contribution in [2.24, 2.45) is 0 Å². The Morgan fingerprint density at radius 1 is 1.35 bits per heavy atom. The number of thioether (sulfide) groups is 1. The van der Waals surface area contributed by atoms with E-state index in [1.165, 1.54) is 16.7 Å². The number of nitrogens with zero attached hydrogens (tertiary/aromatic N) is 3. The van der Waals surface area contributed by atoms with E-state index in [2.05, 4.69) is 15.3 Å². The molecule has 1 aromatic carbocycles. The highest BCUT2D eigenvalue weighted by Gasteiger charge is 2.26. The SMILES string of the molecule is CCc1nc(SCC(=O)N2CCNC2=O)nc(N)c1-c1ccc(Cl)cc1. The summed E-state index contributed by atoms with van der Waals surface area (Å²) in [6.07, 6.45) is 0.667. The molecule has 26 heavy (non-hydrogen) atoms. The van der Waals surface area contributed by atoms with E-state index in [4.69, 9.17) is 17.3 Å². The van der Waals surface area contributed by atoms with Crippen LogP contribution in [0.5, 0.6) is 0 Å². The van der Waals surface area contributed by atoms with E-state index >= 15 is 0 Å². The highest BCUT2D eigenvalue weighted by atomic mass is 35.5.